The Morgan fingerprint density at radius 2 is 1.86 bits per heavy atom. The van der Waals surface area contributed by atoms with E-state index in [0.29, 0.717) is 25.0 Å². The first-order valence-electron chi connectivity index (χ1n) is 12.9. The Bertz CT molecular complexity index is 1020. The van der Waals surface area contributed by atoms with Crippen molar-refractivity contribution >= 4 is 29.4 Å². The molecule has 1 saturated heterocycles. The molecule has 0 aromatic heterocycles. The van der Waals surface area contributed by atoms with Gasteiger partial charge >= 0.3 is 0 Å². The van der Waals surface area contributed by atoms with Crippen LogP contribution in [0.2, 0.25) is 0 Å². The molecule has 2 aromatic rings. The van der Waals surface area contributed by atoms with Crippen molar-refractivity contribution in [2.75, 3.05) is 18.5 Å². The summed E-state index contributed by atoms with van der Waals surface area (Å²) in [5.74, 6) is 2.50. The van der Waals surface area contributed by atoms with Gasteiger partial charge in [-0.25, -0.2) is 0 Å². The minimum atomic E-state index is -0.123. The van der Waals surface area contributed by atoms with E-state index in [2.05, 4.69) is 43.1 Å². The Hall–Kier alpha value is -2.60. The van der Waals surface area contributed by atoms with E-state index in [0.717, 1.165) is 34.1 Å². The highest BCUT2D eigenvalue weighted by Gasteiger charge is 2.42. The normalized spacial score (nSPS) is 23.7. The molecule has 2 aromatic carbocycles. The number of rotatable bonds is 9. The van der Waals surface area contributed by atoms with Crippen LogP contribution >= 0.6 is 11.8 Å². The first kappa shape index (κ1) is 25.5. The van der Waals surface area contributed by atoms with Crippen LogP contribution < -0.4 is 14.8 Å². The number of nitrogens with zero attached hydrogens (tertiary/aromatic N) is 1. The number of nitrogens with one attached hydrogen (secondary N) is 1. The average molecular weight is 495 g/mol. The van der Waals surface area contributed by atoms with Crippen LogP contribution in [0.1, 0.15) is 58.9 Å². The maximum Gasteiger partial charge on any atom is 0.262 e. The van der Waals surface area contributed by atoms with Gasteiger partial charge in [-0.2, -0.15) is 0 Å². The number of hydrogen-bond donors (Lipinski definition) is 1. The van der Waals surface area contributed by atoms with Crippen molar-refractivity contribution in [3.8, 4) is 11.5 Å². The number of thioether (sulfide) groups is 1. The molecule has 1 N–H and O–H groups in total. The number of hydrogen-bond acceptors (Lipinski definition) is 5. The number of para-hydroxylation sites is 1. The molecule has 6 heteroatoms. The van der Waals surface area contributed by atoms with Crippen molar-refractivity contribution in [1.82, 2.24) is 4.90 Å². The molecule has 0 spiro atoms. The molecule has 2 aliphatic rings. The van der Waals surface area contributed by atoms with Crippen LogP contribution in [0.4, 0.5) is 5.69 Å². The van der Waals surface area contributed by atoms with E-state index in [-0.39, 0.29) is 17.4 Å². The Morgan fingerprint density at radius 3 is 2.57 bits per heavy atom. The molecule has 0 bridgehead atoms. The lowest BCUT2D eigenvalue weighted by Gasteiger charge is -2.39. The number of carbonyl (C=O) groups is 1. The number of ether oxygens (including phenoxy) is 2. The summed E-state index contributed by atoms with van der Waals surface area (Å²) >= 11 is 1.60. The predicted octanol–water partition coefficient (Wildman–Crippen LogP) is 7.01. The van der Waals surface area contributed by atoms with E-state index < -0.39 is 0 Å². The topological polar surface area (TPSA) is 50.8 Å². The monoisotopic (exact) mass is 494 g/mol. The molecule has 1 aliphatic carbocycles. The van der Waals surface area contributed by atoms with Crippen LogP contribution in [-0.4, -0.2) is 35.6 Å². The molecule has 1 amide bonds. The van der Waals surface area contributed by atoms with Crippen molar-refractivity contribution in [3.63, 3.8) is 0 Å². The Morgan fingerprint density at radius 1 is 1.09 bits per heavy atom. The molecule has 1 saturated carbocycles. The summed E-state index contributed by atoms with van der Waals surface area (Å²) in [7, 11) is 0. The van der Waals surface area contributed by atoms with E-state index >= 15 is 0 Å². The summed E-state index contributed by atoms with van der Waals surface area (Å²) in [6.45, 7) is 9.70. The third kappa shape index (κ3) is 6.35. The summed E-state index contributed by atoms with van der Waals surface area (Å²) in [5.41, 5.74) is 1.85. The smallest absolute Gasteiger partial charge is 0.262 e. The standard InChI is InChI=1S/C29H38N2O3S/c1-5-33-26-17-22(15-16-25(26)34-19-20(2)3)18-27-28(32)31(24-14-10-9-11-21(24)4)29(35-27)30-23-12-7-6-8-13-23/h6-8,12-13,15-18,20-21,24,29-30H,5,9-11,14,19H2,1-4H3/b27-18-/t21-,24+,29?/m1/s1. The molecular weight excluding hydrogens is 456 g/mol. The third-order valence-corrected chi connectivity index (χ3v) is 7.68. The summed E-state index contributed by atoms with van der Waals surface area (Å²) < 4.78 is 11.8. The molecule has 4 rings (SSSR count). The summed E-state index contributed by atoms with van der Waals surface area (Å²) in [6, 6.07) is 16.3. The van der Waals surface area contributed by atoms with Gasteiger partial charge in [0.2, 0.25) is 0 Å². The van der Waals surface area contributed by atoms with Crippen molar-refractivity contribution < 1.29 is 14.3 Å². The molecule has 1 unspecified atom stereocenters. The lowest BCUT2D eigenvalue weighted by molar-refractivity contribution is -0.129. The zero-order valence-electron chi connectivity index (χ0n) is 21.3. The minimum Gasteiger partial charge on any atom is -0.490 e. The van der Waals surface area contributed by atoms with Crippen LogP contribution in [0.5, 0.6) is 11.5 Å². The summed E-state index contributed by atoms with van der Waals surface area (Å²) in [6.07, 6.45) is 6.65. The van der Waals surface area contributed by atoms with Crippen LogP contribution in [0.25, 0.3) is 6.08 Å². The molecule has 1 aliphatic heterocycles. The molecule has 1 heterocycles. The molecular formula is C29H38N2O3S. The van der Waals surface area contributed by atoms with Crippen molar-refractivity contribution in [3.05, 3.63) is 59.0 Å². The fourth-order valence-electron chi connectivity index (χ4n) is 4.78. The van der Waals surface area contributed by atoms with Gasteiger partial charge in [0.15, 0.2) is 17.0 Å². The number of amides is 1. The second kappa shape index (κ2) is 11.9. The van der Waals surface area contributed by atoms with Crippen molar-refractivity contribution in [2.45, 2.75) is 64.9 Å². The van der Waals surface area contributed by atoms with E-state index in [1.54, 1.807) is 11.8 Å². The SMILES string of the molecule is CCOc1cc(/C=C2\SC(Nc3ccccc3)N([C@H]3CCCC[C@H]3C)C2=O)ccc1OCC(C)C. The third-order valence-electron chi connectivity index (χ3n) is 6.56. The highest BCUT2D eigenvalue weighted by atomic mass is 32.2. The minimum absolute atomic E-state index is 0.111. The molecule has 2 fully saturated rings. The first-order chi connectivity index (χ1) is 17.0. The van der Waals surface area contributed by atoms with Crippen LogP contribution in [0.15, 0.2) is 53.4 Å². The summed E-state index contributed by atoms with van der Waals surface area (Å²) in [4.78, 5) is 16.6. The van der Waals surface area contributed by atoms with Crippen molar-refractivity contribution in [2.24, 2.45) is 11.8 Å². The van der Waals surface area contributed by atoms with Gasteiger partial charge in [0, 0.05) is 11.7 Å². The van der Waals surface area contributed by atoms with Crippen molar-refractivity contribution in [1.29, 1.82) is 0 Å². The largest absolute Gasteiger partial charge is 0.490 e. The Balaban J connectivity index is 1.61. The van der Waals surface area contributed by atoms with Crippen LogP contribution in [0, 0.1) is 11.8 Å². The quantitative estimate of drug-likeness (QED) is 0.380. The lowest BCUT2D eigenvalue weighted by Crippen LogP contribution is -2.48. The molecule has 188 valence electrons. The van der Waals surface area contributed by atoms with E-state index in [1.165, 1.54) is 19.3 Å². The highest BCUT2D eigenvalue weighted by Crippen LogP contribution is 2.42. The van der Waals surface area contributed by atoms with Gasteiger partial charge in [-0.3, -0.25) is 4.79 Å². The van der Waals surface area contributed by atoms with Gasteiger partial charge in [-0.1, -0.05) is 69.6 Å². The number of carbonyl (C=O) groups excluding carboxylic acids is 1. The summed E-state index contributed by atoms with van der Waals surface area (Å²) in [5, 5.41) is 3.61. The first-order valence-corrected chi connectivity index (χ1v) is 13.8. The Kier molecular flexibility index (Phi) is 8.66. The second-order valence-electron chi connectivity index (χ2n) is 9.87. The Labute approximate surface area is 214 Å². The fourth-order valence-corrected chi connectivity index (χ4v) is 5.99. The van der Waals surface area contributed by atoms with Gasteiger partial charge < -0.3 is 19.7 Å². The highest BCUT2D eigenvalue weighted by molar-refractivity contribution is 8.05. The van der Waals surface area contributed by atoms with Gasteiger partial charge in [0.05, 0.1) is 18.1 Å². The van der Waals surface area contributed by atoms with Crippen LogP contribution in [0.3, 0.4) is 0 Å². The fraction of sp³-hybridized carbons (Fsp3) is 0.483. The van der Waals surface area contributed by atoms with Crippen LogP contribution in [-0.2, 0) is 4.79 Å². The average Bonchev–Trinajstić information content (AvgIpc) is 3.14. The maximum atomic E-state index is 13.8. The predicted molar refractivity (Wildman–Crippen MR) is 146 cm³/mol. The number of benzene rings is 2. The second-order valence-corrected chi connectivity index (χ2v) is 11.0. The van der Waals surface area contributed by atoms with E-state index in [9.17, 15) is 4.79 Å². The van der Waals surface area contributed by atoms with E-state index in [1.807, 2.05) is 49.4 Å². The van der Waals surface area contributed by atoms with Gasteiger partial charge in [-0.15, -0.1) is 0 Å². The van der Waals surface area contributed by atoms with Gasteiger partial charge in [0.25, 0.3) is 5.91 Å². The van der Waals surface area contributed by atoms with Gasteiger partial charge in [0.1, 0.15) is 0 Å². The molecule has 35 heavy (non-hydrogen) atoms. The molecule has 5 nitrogen and oxygen atoms in total. The maximum absolute atomic E-state index is 13.8. The van der Waals surface area contributed by atoms with E-state index in [4.69, 9.17) is 9.47 Å². The van der Waals surface area contributed by atoms with Gasteiger partial charge in [-0.05, 0) is 67.5 Å². The zero-order valence-corrected chi connectivity index (χ0v) is 22.1. The molecule has 3 atom stereocenters. The number of anilines is 1. The zero-order chi connectivity index (χ0) is 24.8. The molecule has 0 radical (unpaired) electrons. The lowest BCUT2D eigenvalue weighted by atomic mass is 9.85.